The third kappa shape index (κ3) is 4.06. The van der Waals surface area contributed by atoms with Crippen molar-refractivity contribution in [3.63, 3.8) is 0 Å². The fourth-order valence-electron chi connectivity index (χ4n) is 3.78. The molecule has 1 aromatic carbocycles. The molecule has 3 aromatic rings. The van der Waals surface area contributed by atoms with Crippen molar-refractivity contribution < 1.29 is 26.0 Å². The van der Waals surface area contributed by atoms with Crippen LogP contribution in [-0.4, -0.2) is 29.0 Å². The lowest BCUT2D eigenvalue weighted by atomic mass is 9.92. The number of fused-ring (bicyclic) bond motifs is 1. The second kappa shape index (κ2) is 8.44. The van der Waals surface area contributed by atoms with Crippen LogP contribution in [0.5, 0.6) is 0 Å². The molecule has 1 N–H and O–H groups in total. The van der Waals surface area contributed by atoms with Crippen molar-refractivity contribution in [2.75, 3.05) is 0 Å². The fourth-order valence-corrected chi connectivity index (χ4v) is 5.52. The maximum atomic E-state index is 15.1. The minimum absolute atomic E-state index is 0.0900. The average molecular weight is 531 g/mol. The molecule has 1 aliphatic rings. The number of aromatic nitrogens is 2. The zero-order valence-corrected chi connectivity index (χ0v) is 20.2. The van der Waals surface area contributed by atoms with Gasteiger partial charge in [-0.2, -0.15) is 23.2 Å². The summed E-state index contributed by atoms with van der Waals surface area (Å²) < 4.78 is 82.5. The first-order valence-electron chi connectivity index (χ1n) is 10.0. The van der Waals surface area contributed by atoms with E-state index < -0.39 is 31.8 Å². The first-order valence-corrected chi connectivity index (χ1v) is 12.4. The largest absolute Gasteiger partial charge is 0.416 e. The SMILES string of the molecule is CC(S)(NS(=O)(=O)c1ccc(-c2c(C#N)c3ccc(S)c(F)c3n2C2CCC2)nc1)C(F)(F)F. The number of nitrogens with zero attached hydrogens (tertiary/aromatic N) is 3. The summed E-state index contributed by atoms with van der Waals surface area (Å²) >= 11 is 7.55. The molecular weight excluding hydrogens is 512 g/mol. The van der Waals surface area contributed by atoms with Crippen LogP contribution in [0.3, 0.4) is 0 Å². The van der Waals surface area contributed by atoms with Gasteiger partial charge in [0.05, 0.1) is 22.5 Å². The number of rotatable bonds is 5. The third-order valence-corrected chi connectivity index (χ3v) is 8.21. The standard InChI is InChI=1S/C21H18F4N4O2S3/c1-20(33,21(23,24)25)28-34(30,31)12-5-7-15(27-10-12)18-14(9-26)13-6-8-16(32)17(22)19(13)29(18)11-3-2-4-11/h5-8,10-11,28,32-33H,2-4H2,1H3. The molecule has 2 heterocycles. The second-order valence-corrected chi connectivity index (χ2v) is 11.2. The molecule has 0 saturated heterocycles. The molecule has 0 radical (unpaired) electrons. The number of nitrogens with one attached hydrogen (secondary N) is 1. The number of thiol groups is 2. The molecule has 2 aromatic heterocycles. The van der Waals surface area contributed by atoms with Gasteiger partial charge in [-0.1, -0.05) is 6.07 Å². The zero-order valence-electron chi connectivity index (χ0n) is 17.6. The van der Waals surface area contributed by atoms with Crippen molar-refractivity contribution in [1.29, 1.82) is 5.26 Å². The average Bonchev–Trinajstić information content (AvgIpc) is 3.02. The summed E-state index contributed by atoms with van der Waals surface area (Å²) in [5, 5.41) is 10.2. The molecule has 0 spiro atoms. The summed E-state index contributed by atoms with van der Waals surface area (Å²) in [6.07, 6.45) is -1.62. The Morgan fingerprint density at radius 3 is 2.41 bits per heavy atom. The van der Waals surface area contributed by atoms with Crippen molar-refractivity contribution in [2.45, 2.75) is 53.1 Å². The van der Waals surface area contributed by atoms with Crippen molar-refractivity contribution in [1.82, 2.24) is 14.3 Å². The number of hydrogen-bond donors (Lipinski definition) is 3. The highest BCUT2D eigenvalue weighted by atomic mass is 32.2. The van der Waals surface area contributed by atoms with Gasteiger partial charge in [0, 0.05) is 22.5 Å². The molecule has 1 saturated carbocycles. The van der Waals surface area contributed by atoms with E-state index in [-0.39, 0.29) is 27.7 Å². The maximum absolute atomic E-state index is 15.1. The molecule has 0 amide bonds. The number of halogens is 4. The summed E-state index contributed by atoms with van der Waals surface area (Å²) in [4.78, 5) is 0.717. The normalized spacial score (nSPS) is 16.8. The Hall–Kier alpha value is -2.27. The van der Waals surface area contributed by atoms with Crippen molar-refractivity contribution in [3.05, 3.63) is 41.8 Å². The Labute approximate surface area is 203 Å². The lowest BCUT2D eigenvalue weighted by molar-refractivity contribution is -0.157. The Morgan fingerprint density at radius 2 is 1.91 bits per heavy atom. The minimum Gasteiger partial charge on any atom is -0.333 e. The molecule has 6 nitrogen and oxygen atoms in total. The zero-order chi connectivity index (χ0) is 25.1. The molecule has 1 aliphatic carbocycles. The molecule has 1 atom stereocenters. The van der Waals surface area contributed by atoms with Crippen LogP contribution in [-0.2, 0) is 10.0 Å². The highest BCUT2D eigenvalue weighted by Crippen LogP contribution is 2.43. The quantitative estimate of drug-likeness (QED) is 0.240. The van der Waals surface area contributed by atoms with E-state index in [1.807, 2.05) is 0 Å². The number of alkyl halides is 3. The molecule has 1 unspecified atom stereocenters. The summed E-state index contributed by atoms with van der Waals surface area (Å²) in [6, 6.07) is 7.38. The summed E-state index contributed by atoms with van der Waals surface area (Å²) in [6.45, 7) is 0.579. The van der Waals surface area contributed by atoms with Crippen LogP contribution in [0.25, 0.3) is 22.3 Å². The topological polar surface area (TPSA) is 87.8 Å². The van der Waals surface area contributed by atoms with Gasteiger partial charge in [0.2, 0.25) is 10.0 Å². The number of benzene rings is 1. The van der Waals surface area contributed by atoms with E-state index in [4.69, 9.17) is 0 Å². The lowest BCUT2D eigenvalue weighted by Gasteiger charge is -2.30. The van der Waals surface area contributed by atoms with Gasteiger partial charge in [-0.3, -0.25) is 4.98 Å². The van der Waals surface area contributed by atoms with Crippen LogP contribution in [0.15, 0.2) is 40.3 Å². The van der Waals surface area contributed by atoms with Crippen LogP contribution in [0.2, 0.25) is 0 Å². The van der Waals surface area contributed by atoms with E-state index in [1.54, 1.807) is 10.6 Å². The van der Waals surface area contributed by atoms with Crippen molar-refractivity contribution in [3.8, 4) is 17.5 Å². The highest BCUT2D eigenvalue weighted by molar-refractivity contribution is 7.91. The minimum atomic E-state index is -4.95. The van der Waals surface area contributed by atoms with Crippen LogP contribution >= 0.6 is 25.3 Å². The highest BCUT2D eigenvalue weighted by Gasteiger charge is 2.51. The van der Waals surface area contributed by atoms with E-state index in [9.17, 15) is 26.9 Å². The molecule has 13 heteroatoms. The molecular formula is C21H18F4N4O2S3. The third-order valence-electron chi connectivity index (χ3n) is 5.81. The van der Waals surface area contributed by atoms with E-state index in [0.29, 0.717) is 18.0 Å². The van der Waals surface area contributed by atoms with Gasteiger partial charge < -0.3 is 4.57 Å². The number of nitriles is 1. The van der Waals surface area contributed by atoms with Crippen molar-refractivity contribution in [2.24, 2.45) is 0 Å². The molecule has 1 fully saturated rings. The predicted octanol–water partition coefficient (Wildman–Crippen LogP) is 5.21. The molecule has 0 bridgehead atoms. The molecule has 34 heavy (non-hydrogen) atoms. The lowest BCUT2D eigenvalue weighted by Crippen LogP contribution is -2.52. The van der Waals surface area contributed by atoms with Gasteiger partial charge in [-0.05, 0) is 44.4 Å². The van der Waals surface area contributed by atoms with Crippen LogP contribution in [0.1, 0.15) is 37.8 Å². The van der Waals surface area contributed by atoms with Gasteiger partial charge in [0.15, 0.2) is 10.7 Å². The van der Waals surface area contributed by atoms with Gasteiger partial charge in [0.1, 0.15) is 11.0 Å². The predicted molar refractivity (Wildman–Crippen MR) is 124 cm³/mol. The molecule has 180 valence electrons. The van der Waals surface area contributed by atoms with Crippen LogP contribution < -0.4 is 4.72 Å². The maximum Gasteiger partial charge on any atom is 0.416 e. The van der Waals surface area contributed by atoms with E-state index in [2.05, 4.69) is 36.3 Å². The fraction of sp³-hybridized carbons (Fsp3) is 0.333. The van der Waals surface area contributed by atoms with Gasteiger partial charge >= 0.3 is 6.18 Å². The molecule has 4 rings (SSSR count). The number of sulfonamides is 1. The first-order chi connectivity index (χ1) is 15.8. The monoisotopic (exact) mass is 530 g/mol. The van der Waals surface area contributed by atoms with E-state index in [0.717, 1.165) is 31.5 Å². The Balaban J connectivity index is 1.84. The number of hydrogen-bond acceptors (Lipinski definition) is 6. The van der Waals surface area contributed by atoms with E-state index in [1.165, 1.54) is 16.9 Å². The second-order valence-electron chi connectivity index (χ2n) is 8.14. The first kappa shape index (κ1) is 24.8. The smallest absolute Gasteiger partial charge is 0.333 e. The number of pyridine rings is 1. The molecule has 0 aliphatic heterocycles. The van der Waals surface area contributed by atoms with Gasteiger partial charge in [0.25, 0.3) is 0 Å². The van der Waals surface area contributed by atoms with Crippen LogP contribution in [0, 0.1) is 17.1 Å². The summed E-state index contributed by atoms with van der Waals surface area (Å²) in [5.74, 6) is -0.584. The Kier molecular flexibility index (Phi) is 6.17. The van der Waals surface area contributed by atoms with Crippen molar-refractivity contribution >= 4 is 46.2 Å². The summed E-state index contributed by atoms with van der Waals surface area (Å²) in [7, 11) is -4.62. The summed E-state index contributed by atoms with van der Waals surface area (Å²) in [5.41, 5.74) is 0.865. The Morgan fingerprint density at radius 1 is 1.24 bits per heavy atom. The van der Waals surface area contributed by atoms with Gasteiger partial charge in [-0.15, -0.1) is 25.3 Å². The van der Waals surface area contributed by atoms with Crippen LogP contribution in [0.4, 0.5) is 17.6 Å². The van der Waals surface area contributed by atoms with E-state index >= 15 is 4.39 Å². The Bertz CT molecular complexity index is 1420. The van der Waals surface area contributed by atoms with Gasteiger partial charge in [-0.25, -0.2) is 12.8 Å².